The second-order valence-electron chi connectivity index (χ2n) is 6.13. The van der Waals surface area contributed by atoms with Gasteiger partial charge in [-0.05, 0) is 40.7 Å². The molecule has 30 heavy (non-hydrogen) atoms. The Bertz CT molecular complexity index is 902. The van der Waals surface area contributed by atoms with E-state index in [4.69, 9.17) is 4.74 Å². The fourth-order valence-electron chi connectivity index (χ4n) is 2.47. The van der Waals surface area contributed by atoms with Gasteiger partial charge in [-0.15, -0.1) is 0 Å². The van der Waals surface area contributed by atoms with Crippen LogP contribution in [0.5, 0.6) is 0 Å². The molecule has 164 valence electrons. The molecule has 0 N–H and O–H groups in total. The van der Waals surface area contributed by atoms with Crippen LogP contribution >= 0.6 is 15.9 Å². The van der Waals surface area contributed by atoms with Crippen molar-refractivity contribution in [2.24, 2.45) is 9.98 Å². The Labute approximate surface area is 183 Å². The highest BCUT2D eigenvalue weighted by molar-refractivity contribution is 9.10. The van der Waals surface area contributed by atoms with Crippen LogP contribution in [0.1, 0.15) is 44.9 Å². The molecule has 1 heterocycles. The lowest BCUT2D eigenvalue weighted by molar-refractivity contribution is -0.137. The topological polar surface area (TPSA) is 51.8 Å². The first kappa shape index (κ1) is 25.8. The van der Waals surface area contributed by atoms with Gasteiger partial charge in [0.2, 0.25) is 0 Å². The first-order chi connectivity index (χ1) is 14.2. The van der Waals surface area contributed by atoms with Crippen molar-refractivity contribution in [3.63, 3.8) is 0 Å². The molecule has 2 aromatic rings. The van der Waals surface area contributed by atoms with Crippen LogP contribution in [0.2, 0.25) is 0 Å². The lowest BCUT2D eigenvalue weighted by Crippen LogP contribution is -2.06. The number of methoxy groups -OCH3 is 1. The molecule has 1 aromatic carbocycles. The molecule has 0 aliphatic rings. The maximum atomic E-state index is 13.2. The quantitative estimate of drug-likeness (QED) is 0.411. The van der Waals surface area contributed by atoms with Crippen molar-refractivity contribution in [2.75, 3.05) is 13.8 Å². The third-order valence-corrected chi connectivity index (χ3v) is 4.56. The molecule has 0 atom stereocenters. The standard InChI is InChI=1S/C19H20BrF3N4O.C2H6/c1-12(2)17-16(20)18(13-6-5-7-14(10-13)19(21,22)23)27(26-17)15(24-3)8-9-25-11-28-4;1-2/h5-10,12H,3,11H2,1-2,4H3;1-2H3/b15-8+,25-9-;. The van der Waals surface area contributed by atoms with Gasteiger partial charge in [-0.2, -0.15) is 18.3 Å². The summed E-state index contributed by atoms with van der Waals surface area (Å²) in [5.41, 5.74) is 0.753. The van der Waals surface area contributed by atoms with Gasteiger partial charge in [0.25, 0.3) is 0 Å². The van der Waals surface area contributed by atoms with Gasteiger partial charge in [-0.25, -0.2) is 9.67 Å². The molecule has 2 rings (SSSR count). The fourth-order valence-corrected chi connectivity index (χ4v) is 3.40. The van der Waals surface area contributed by atoms with Crippen molar-refractivity contribution in [1.82, 2.24) is 9.78 Å². The number of benzene rings is 1. The molecule has 5 nitrogen and oxygen atoms in total. The number of alkyl halides is 3. The van der Waals surface area contributed by atoms with E-state index in [1.807, 2.05) is 27.7 Å². The Hall–Kier alpha value is -2.26. The largest absolute Gasteiger partial charge is 0.416 e. The number of ether oxygens (including phenoxy) is 1. The first-order valence-corrected chi connectivity index (χ1v) is 10.1. The van der Waals surface area contributed by atoms with Crippen molar-refractivity contribution in [3.8, 4) is 11.3 Å². The lowest BCUT2D eigenvalue weighted by atomic mass is 10.1. The van der Waals surface area contributed by atoms with Crippen LogP contribution in [0.3, 0.4) is 0 Å². The third-order valence-electron chi connectivity index (χ3n) is 3.77. The predicted octanol–water partition coefficient (Wildman–Crippen LogP) is 6.65. The normalized spacial score (nSPS) is 12.3. The Balaban J connectivity index is 0.00000218. The number of rotatable bonds is 7. The van der Waals surface area contributed by atoms with Crippen molar-refractivity contribution >= 4 is 34.7 Å². The molecule has 0 spiro atoms. The Morgan fingerprint density at radius 3 is 2.53 bits per heavy atom. The van der Waals surface area contributed by atoms with E-state index in [2.05, 4.69) is 37.7 Å². The molecule has 0 saturated carbocycles. The van der Waals surface area contributed by atoms with Crippen LogP contribution in [0.25, 0.3) is 17.1 Å². The molecular formula is C21H26BrF3N4O. The summed E-state index contributed by atoms with van der Waals surface area (Å²) in [5.74, 6) is 0.355. The molecule has 0 bridgehead atoms. The number of nitrogens with zero attached hydrogens (tertiary/aromatic N) is 4. The van der Waals surface area contributed by atoms with E-state index in [1.54, 1.807) is 12.1 Å². The molecule has 0 saturated heterocycles. The highest BCUT2D eigenvalue weighted by Crippen LogP contribution is 2.38. The maximum Gasteiger partial charge on any atom is 0.416 e. The number of hydrogen-bond donors (Lipinski definition) is 0. The smallest absolute Gasteiger partial charge is 0.363 e. The number of aromatic nitrogens is 2. The lowest BCUT2D eigenvalue weighted by Gasteiger charge is -2.11. The average Bonchev–Trinajstić information content (AvgIpc) is 3.06. The SMILES string of the molecule is C=N/C(=C\C=N/COC)n1nc(C(C)C)c(Br)c1-c1cccc(C(F)(F)F)c1.CC. The predicted molar refractivity (Wildman–Crippen MR) is 120 cm³/mol. The summed E-state index contributed by atoms with van der Waals surface area (Å²) in [6.45, 7) is 11.6. The maximum absolute atomic E-state index is 13.2. The molecule has 0 aliphatic heterocycles. The van der Waals surface area contributed by atoms with Crippen LogP contribution in [-0.4, -0.2) is 36.6 Å². The molecule has 0 radical (unpaired) electrons. The average molecular weight is 487 g/mol. The molecule has 0 unspecified atom stereocenters. The summed E-state index contributed by atoms with van der Waals surface area (Å²) in [4.78, 5) is 7.97. The summed E-state index contributed by atoms with van der Waals surface area (Å²) < 4.78 is 46.4. The molecule has 0 fully saturated rings. The first-order valence-electron chi connectivity index (χ1n) is 9.32. The number of halogens is 4. The highest BCUT2D eigenvalue weighted by atomic mass is 79.9. The van der Waals surface area contributed by atoms with Gasteiger partial charge < -0.3 is 4.74 Å². The minimum atomic E-state index is -4.45. The van der Waals surface area contributed by atoms with Crippen molar-refractivity contribution in [3.05, 3.63) is 46.1 Å². The van der Waals surface area contributed by atoms with Crippen molar-refractivity contribution in [2.45, 2.75) is 39.8 Å². The van der Waals surface area contributed by atoms with E-state index < -0.39 is 11.7 Å². The molecule has 0 amide bonds. The number of aliphatic imine (C=N–C) groups is 2. The Morgan fingerprint density at radius 2 is 2.00 bits per heavy atom. The number of allylic oxidation sites excluding steroid dienone is 1. The second-order valence-corrected chi connectivity index (χ2v) is 6.92. The van der Waals surface area contributed by atoms with Crippen molar-refractivity contribution < 1.29 is 17.9 Å². The zero-order chi connectivity index (χ0) is 22.9. The van der Waals surface area contributed by atoms with Gasteiger partial charge in [-0.3, -0.25) is 4.99 Å². The second kappa shape index (κ2) is 11.8. The Kier molecular flexibility index (Phi) is 10.1. The van der Waals surface area contributed by atoms with Gasteiger partial charge >= 0.3 is 6.18 Å². The summed E-state index contributed by atoms with van der Waals surface area (Å²) in [6.07, 6.45) is -1.41. The van der Waals surface area contributed by atoms with Crippen LogP contribution in [-0.2, 0) is 10.9 Å². The van der Waals surface area contributed by atoms with E-state index in [0.717, 1.165) is 12.1 Å². The zero-order valence-corrected chi connectivity index (χ0v) is 19.3. The highest BCUT2D eigenvalue weighted by Gasteiger charge is 2.31. The van der Waals surface area contributed by atoms with E-state index in [0.29, 0.717) is 27.2 Å². The van der Waals surface area contributed by atoms with E-state index in [1.165, 1.54) is 24.1 Å². The van der Waals surface area contributed by atoms with Crippen LogP contribution in [0.4, 0.5) is 13.2 Å². The molecule has 9 heteroatoms. The summed E-state index contributed by atoms with van der Waals surface area (Å²) in [7, 11) is 1.51. The van der Waals surface area contributed by atoms with Crippen LogP contribution in [0, 0.1) is 0 Å². The van der Waals surface area contributed by atoms with Crippen molar-refractivity contribution in [1.29, 1.82) is 0 Å². The van der Waals surface area contributed by atoms with Crippen LogP contribution in [0.15, 0.2) is 44.8 Å². The monoisotopic (exact) mass is 486 g/mol. The fraction of sp³-hybridized carbons (Fsp3) is 0.381. The van der Waals surface area contributed by atoms with E-state index >= 15 is 0 Å². The minimum absolute atomic E-state index is 0.0356. The Morgan fingerprint density at radius 1 is 1.33 bits per heavy atom. The van der Waals surface area contributed by atoms with Crippen LogP contribution < -0.4 is 0 Å². The van der Waals surface area contributed by atoms with Gasteiger partial charge in [0.15, 0.2) is 5.82 Å². The third kappa shape index (κ3) is 6.37. The van der Waals surface area contributed by atoms with E-state index in [-0.39, 0.29) is 12.6 Å². The van der Waals surface area contributed by atoms with Gasteiger partial charge in [0, 0.05) is 25.0 Å². The summed E-state index contributed by atoms with van der Waals surface area (Å²) in [6, 6.07) is 5.07. The summed E-state index contributed by atoms with van der Waals surface area (Å²) in [5, 5.41) is 4.54. The molecule has 1 aromatic heterocycles. The molecule has 0 aliphatic carbocycles. The number of hydrogen-bond acceptors (Lipinski definition) is 4. The summed E-state index contributed by atoms with van der Waals surface area (Å²) >= 11 is 3.50. The van der Waals surface area contributed by atoms with Gasteiger partial charge in [0.05, 0.1) is 21.4 Å². The van der Waals surface area contributed by atoms with Gasteiger partial charge in [-0.1, -0.05) is 39.8 Å². The zero-order valence-electron chi connectivity index (χ0n) is 17.7. The minimum Gasteiger partial charge on any atom is -0.363 e. The van der Waals surface area contributed by atoms with Gasteiger partial charge in [0.1, 0.15) is 6.73 Å². The molecular weight excluding hydrogens is 461 g/mol. The van der Waals surface area contributed by atoms with E-state index in [9.17, 15) is 13.2 Å².